The van der Waals surface area contributed by atoms with Crippen molar-refractivity contribution in [1.29, 1.82) is 0 Å². The molecular weight excluding hydrogens is 390 g/mol. The normalized spacial score (nSPS) is 11.0. The van der Waals surface area contributed by atoms with Crippen molar-refractivity contribution in [3.8, 4) is 11.3 Å². The number of thiazole rings is 1. The molecule has 1 N–H and O–H groups in total. The van der Waals surface area contributed by atoms with Gasteiger partial charge >= 0.3 is 0 Å². The van der Waals surface area contributed by atoms with Crippen LogP contribution in [0.5, 0.6) is 0 Å². The van der Waals surface area contributed by atoms with Gasteiger partial charge in [0.2, 0.25) is 5.13 Å². The number of rotatable bonds is 5. The van der Waals surface area contributed by atoms with Crippen molar-refractivity contribution in [1.82, 2.24) is 4.98 Å². The van der Waals surface area contributed by atoms with E-state index in [9.17, 15) is 0 Å². The minimum absolute atomic E-state index is 0.780. The van der Waals surface area contributed by atoms with E-state index in [0.29, 0.717) is 0 Å². The first kappa shape index (κ1) is 16.2. The van der Waals surface area contributed by atoms with Gasteiger partial charge in [-0.2, -0.15) is 5.10 Å². The van der Waals surface area contributed by atoms with Gasteiger partial charge in [0.1, 0.15) is 0 Å². The number of halogens is 1. The summed E-state index contributed by atoms with van der Waals surface area (Å²) in [5.74, 6) is 0. The van der Waals surface area contributed by atoms with Crippen LogP contribution in [0, 0.1) is 0 Å². The van der Waals surface area contributed by atoms with E-state index in [2.05, 4.69) is 62.0 Å². The third-order valence-electron chi connectivity index (χ3n) is 3.13. The molecule has 3 nitrogen and oxygen atoms in total. The Balaban J connectivity index is 1.65. The van der Waals surface area contributed by atoms with Crippen molar-refractivity contribution >= 4 is 50.4 Å². The molecule has 0 saturated carbocycles. The molecule has 0 atom stereocenters. The molecule has 2 aromatic carbocycles. The molecule has 0 radical (unpaired) electrons. The molecule has 23 heavy (non-hydrogen) atoms. The number of hydrazone groups is 1. The summed E-state index contributed by atoms with van der Waals surface area (Å²) in [4.78, 5) is 5.81. The maximum absolute atomic E-state index is 4.56. The fourth-order valence-corrected chi connectivity index (χ4v) is 3.27. The van der Waals surface area contributed by atoms with Crippen LogP contribution in [-0.4, -0.2) is 17.5 Å². The van der Waals surface area contributed by atoms with Crippen LogP contribution in [0.4, 0.5) is 5.13 Å². The Morgan fingerprint density at radius 2 is 1.87 bits per heavy atom. The first-order valence-electron chi connectivity index (χ1n) is 6.89. The van der Waals surface area contributed by atoms with Gasteiger partial charge < -0.3 is 0 Å². The standard InChI is InChI=1S/C17H14BrN3S2/c1-22-15-8-4-13(5-9-15)16-11-23-17(20-16)21-19-10-12-2-6-14(18)7-3-12/h2-11H,1H3,(H,20,21)/b19-10+. The van der Waals surface area contributed by atoms with Crippen LogP contribution >= 0.6 is 39.0 Å². The maximum atomic E-state index is 4.56. The van der Waals surface area contributed by atoms with Crippen molar-refractivity contribution in [2.24, 2.45) is 5.10 Å². The van der Waals surface area contributed by atoms with E-state index >= 15 is 0 Å². The van der Waals surface area contributed by atoms with Gasteiger partial charge in [-0.15, -0.1) is 23.1 Å². The van der Waals surface area contributed by atoms with Crippen molar-refractivity contribution < 1.29 is 0 Å². The van der Waals surface area contributed by atoms with Gasteiger partial charge in [-0.3, -0.25) is 5.43 Å². The van der Waals surface area contributed by atoms with Crippen LogP contribution in [0.1, 0.15) is 5.56 Å². The molecule has 1 heterocycles. The highest BCUT2D eigenvalue weighted by atomic mass is 79.9. The van der Waals surface area contributed by atoms with E-state index < -0.39 is 0 Å². The molecule has 0 aliphatic rings. The summed E-state index contributed by atoms with van der Waals surface area (Å²) in [7, 11) is 0. The fraction of sp³-hybridized carbons (Fsp3) is 0.0588. The Hall–Kier alpha value is -1.63. The number of nitrogens with one attached hydrogen (secondary N) is 1. The zero-order chi connectivity index (χ0) is 16.1. The number of aromatic nitrogens is 1. The Bertz CT molecular complexity index is 795. The fourth-order valence-electron chi connectivity index (χ4n) is 1.93. The minimum Gasteiger partial charge on any atom is -0.253 e. The van der Waals surface area contributed by atoms with Crippen LogP contribution < -0.4 is 5.43 Å². The molecule has 0 saturated heterocycles. The van der Waals surface area contributed by atoms with Crippen LogP contribution in [0.3, 0.4) is 0 Å². The summed E-state index contributed by atoms with van der Waals surface area (Å²) in [5.41, 5.74) is 6.09. The third kappa shape index (κ3) is 4.43. The molecule has 0 amide bonds. The smallest absolute Gasteiger partial charge is 0.203 e. The number of nitrogens with zero attached hydrogens (tertiary/aromatic N) is 2. The molecule has 0 aliphatic heterocycles. The van der Waals surface area contributed by atoms with E-state index in [1.165, 1.54) is 4.90 Å². The second kappa shape index (κ2) is 7.77. The monoisotopic (exact) mass is 403 g/mol. The number of hydrogen-bond acceptors (Lipinski definition) is 5. The number of thioether (sulfide) groups is 1. The van der Waals surface area contributed by atoms with Gasteiger partial charge in [0.15, 0.2) is 0 Å². The molecule has 3 rings (SSSR count). The molecule has 0 fully saturated rings. The van der Waals surface area contributed by atoms with Crippen LogP contribution in [-0.2, 0) is 0 Å². The average Bonchev–Trinajstić information content (AvgIpc) is 3.06. The number of hydrogen-bond donors (Lipinski definition) is 1. The van der Waals surface area contributed by atoms with E-state index in [0.717, 1.165) is 26.4 Å². The van der Waals surface area contributed by atoms with Gasteiger partial charge in [0.05, 0.1) is 11.9 Å². The van der Waals surface area contributed by atoms with Crippen LogP contribution in [0.2, 0.25) is 0 Å². The lowest BCUT2D eigenvalue weighted by atomic mass is 10.2. The van der Waals surface area contributed by atoms with Crippen molar-refractivity contribution in [2.75, 3.05) is 11.7 Å². The summed E-state index contributed by atoms with van der Waals surface area (Å²) in [6, 6.07) is 16.4. The minimum atomic E-state index is 0.780. The average molecular weight is 404 g/mol. The molecule has 0 aliphatic carbocycles. The molecule has 0 unspecified atom stereocenters. The summed E-state index contributed by atoms with van der Waals surface area (Å²) in [5, 5.41) is 7.04. The molecule has 6 heteroatoms. The topological polar surface area (TPSA) is 37.3 Å². The van der Waals surface area contributed by atoms with Gasteiger partial charge in [0.25, 0.3) is 0 Å². The van der Waals surface area contributed by atoms with Crippen molar-refractivity contribution in [3.05, 3.63) is 63.9 Å². The lowest BCUT2D eigenvalue weighted by molar-refractivity contribution is 1.28. The first-order chi connectivity index (χ1) is 11.2. The summed E-state index contributed by atoms with van der Waals surface area (Å²) >= 11 is 6.69. The number of anilines is 1. The number of benzene rings is 2. The van der Waals surface area contributed by atoms with E-state index in [1.54, 1.807) is 29.3 Å². The molecule has 3 aromatic rings. The van der Waals surface area contributed by atoms with E-state index in [4.69, 9.17) is 0 Å². The lowest BCUT2D eigenvalue weighted by Crippen LogP contribution is -1.90. The van der Waals surface area contributed by atoms with E-state index in [-0.39, 0.29) is 0 Å². The highest BCUT2D eigenvalue weighted by Gasteiger charge is 2.03. The predicted molar refractivity (Wildman–Crippen MR) is 105 cm³/mol. The largest absolute Gasteiger partial charge is 0.253 e. The summed E-state index contributed by atoms with van der Waals surface area (Å²) in [6.45, 7) is 0. The van der Waals surface area contributed by atoms with Crippen molar-refractivity contribution in [3.63, 3.8) is 0 Å². The molecular formula is C17H14BrN3S2. The van der Waals surface area contributed by atoms with Gasteiger partial charge in [-0.1, -0.05) is 40.2 Å². The van der Waals surface area contributed by atoms with Gasteiger partial charge in [-0.25, -0.2) is 4.98 Å². The molecule has 0 bridgehead atoms. The zero-order valence-electron chi connectivity index (χ0n) is 12.4. The Morgan fingerprint density at radius 3 is 2.57 bits per heavy atom. The third-order valence-corrected chi connectivity index (χ3v) is 5.15. The highest BCUT2D eigenvalue weighted by Crippen LogP contribution is 2.26. The quantitative estimate of drug-likeness (QED) is 0.335. The zero-order valence-corrected chi connectivity index (χ0v) is 15.6. The predicted octanol–water partition coefficient (Wildman–Crippen LogP) is 5.74. The van der Waals surface area contributed by atoms with Crippen LogP contribution in [0.15, 0.2) is 68.4 Å². The highest BCUT2D eigenvalue weighted by molar-refractivity contribution is 9.10. The summed E-state index contributed by atoms with van der Waals surface area (Å²) < 4.78 is 1.06. The Kier molecular flexibility index (Phi) is 5.48. The van der Waals surface area contributed by atoms with Gasteiger partial charge in [0, 0.05) is 20.3 Å². The van der Waals surface area contributed by atoms with Crippen molar-refractivity contribution in [2.45, 2.75) is 4.90 Å². The van der Waals surface area contributed by atoms with E-state index in [1.807, 2.05) is 29.6 Å². The Labute approximate surface area is 152 Å². The van der Waals surface area contributed by atoms with Crippen LogP contribution in [0.25, 0.3) is 11.3 Å². The summed E-state index contributed by atoms with van der Waals surface area (Å²) in [6.07, 6.45) is 3.85. The van der Waals surface area contributed by atoms with Gasteiger partial charge in [-0.05, 0) is 36.1 Å². The lowest BCUT2D eigenvalue weighted by Gasteiger charge is -1.99. The molecule has 116 valence electrons. The second-order valence-electron chi connectivity index (χ2n) is 4.69. The molecule has 0 spiro atoms. The Morgan fingerprint density at radius 1 is 1.13 bits per heavy atom. The first-order valence-corrected chi connectivity index (χ1v) is 9.79. The maximum Gasteiger partial charge on any atom is 0.203 e. The SMILES string of the molecule is CSc1ccc(-c2csc(N/N=C/c3ccc(Br)cc3)n2)cc1. The second-order valence-corrected chi connectivity index (χ2v) is 7.34. The molecule has 1 aromatic heterocycles.